The van der Waals surface area contributed by atoms with E-state index < -0.39 is 0 Å². The Bertz CT molecular complexity index is 172. The van der Waals surface area contributed by atoms with Gasteiger partial charge in [-0.15, -0.1) is 0 Å². The van der Waals surface area contributed by atoms with E-state index in [2.05, 4.69) is 41.5 Å². The third-order valence-electron chi connectivity index (χ3n) is 4.35. The molecule has 0 aliphatic carbocycles. The third kappa shape index (κ3) is 21.3. The zero-order chi connectivity index (χ0) is 14.7. The van der Waals surface area contributed by atoms with Crippen molar-refractivity contribution in [2.45, 2.75) is 99.3 Å². The van der Waals surface area contributed by atoms with Crippen LogP contribution in [-0.4, -0.2) is 0 Å². The van der Waals surface area contributed by atoms with Gasteiger partial charge in [-0.2, -0.15) is 0 Å². The minimum atomic E-state index is 0. The molecule has 2 atom stereocenters. The molecule has 0 bridgehead atoms. The number of rotatable bonds is 12. The Morgan fingerprint density at radius 2 is 0.714 bits per heavy atom. The molecule has 0 aromatic heterocycles. The van der Waals surface area contributed by atoms with Crippen molar-refractivity contribution in [1.82, 2.24) is 0 Å². The minimum absolute atomic E-state index is 0. The van der Waals surface area contributed by atoms with Gasteiger partial charge in [-0.05, 0) is 23.7 Å². The Morgan fingerprint density at radius 3 is 0.952 bits per heavy atom. The van der Waals surface area contributed by atoms with E-state index >= 15 is 0 Å². The van der Waals surface area contributed by atoms with Crippen LogP contribution in [0.25, 0.3) is 0 Å². The van der Waals surface area contributed by atoms with Gasteiger partial charge in [0.25, 0.3) is 0 Å². The van der Waals surface area contributed by atoms with Crippen molar-refractivity contribution in [3.8, 4) is 0 Å². The fraction of sp³-hybridized carbons (Fsp3) is 1.00. The van der Waals surface area contributed by atoms with Gasteiger partial charge < -0.3 is 12.4 Å². The van der Waals surface area contributed by atoms with E-state index in [1.54, 1.807) is 0 Å². The third-order valence-corrected chi connectivity index (χ3v) is 4.35. The minimum Gasteiger partial charge on any atom is -1.00 e. The zero-order valence-electron chi connectivity index (χ0n) is 16.1. The van der Waals surface area contributed by atoms with Crippen LogP contribution in [0.1, 0.15) is 99.3 Å². The van der Waals surface area contributed by atoms with Crippen molar-refractivity contribution < 1.29 is 42.0 Å². The Morgan fingerprint density at radius 1 is 0.476 bits per heavy atom. The van der Waals surface area contributed by atoms with Crippen LogP contribution in [0.15, 0.2) is 0 Å². The molecule has 0 nitrogen and oxygen atoms in total. The molecule has 0 N–H and O–H groups in total. The molecule has 2 heteroatoms. The zero-order valence-corrected chi connectivity index (χ0v) is 18.8. The van der Waals surface area contributed by atoms with Crippen LogP contribution in [0.5, 0.6) is 0 Å². The summed E-state index contributed by atoms with van der Waals surface area (Å²) in [5.74, 6) is 3.66. The molecule has 0 saturated heterocycles. The summed E-state index contributed by atoms with van der Waals surface area (Å²) in [4.78, 5) is 0. The average Bonchev–Trinajstić information content (AvgIpc) is 2.27. The molecule has 0 radical (unpaired) electrons. The first kappa shape index (κ1) is 27.2. The SMILES string of the molecule is CC(C)CCCC(C)CCCC(C)CCCC(C)C.[Cl-].[Na+]. The monoisotopic (exact) mass is 326 g/mol. The molecule has 0 aliphatic heterocycles. The summed E-state index contributed by atoms with van der Waals surface area (Å²) in [7, 11) is 0. The van der Waals surface area contributed by atoms with Crippen LogP contribution in [0.3, 0.4) is 0 Å². The van der Waals surface area contributed by atoms with Crippen molar-refractivity contribution in [2.75, 3.05) is 0 Å². The van der Waals surface area contributed by atoms with Crippen LogP contribution in [0.2, 0.25) is 0 Å². The number of hydrogen-bond acceptors (Lipinski definition) is 0. The Hall–Kier alpha value is 1.29. The molecule has 0 aliphatic rings. The van der Waals surface area contributed by atoms with Crippen LogP contribution in [-0.2, 0) is 0 Å². The van der Waals surface area contributed by atoms with Crippen molar-refractivity contribution in [3.05, 3.63) is 0 Å². The van der Waals surface area contributed by atoms with E-state index in [9.17, 15) is 0 Å². The van der Waals surface area contributed by atoms with Gasteiger partial charge >= 0.3 is 29.6 Å². The normalized spacial score (nSPS) is 13.7. The number of hydrogen-bond donors (Lipinski definition) is 0. The summed E-state index contributed by atoms with van der Waals surface area (Å²) in [6.45, 7) is 14.2. The van der Waals surface area contributed by atoms with E-state index in [-0.39, 0.29) is 42.0 Å². The van der Waals surface area contributed by atoms with Gasteiger partial charge in [0, 0.05) is 0 Å². The molecule has 0 aromatic rings. The van der Waals surface area contributed by atoms with Crippen LogP contribution in [0, 0.1) is 23.7 Å². The summed E-state index contributed by atoms with van der Waals surface area (Å²) in [6, 6.07) is 0. The topological polar surface area (TPSA) is 0 Å². The van der Waals surface area contributed by atoms with Gasteiger partial charge in [-0.3, -0.25) is 0 Å². The molecule has 0 amide bonds. The maximum absolute atomic E-state index is 2.45. The van der Waals surface area contributed by atoms with Crippen LogP contribution < -0.4 is 42.0 Å². The summed E-state index contributed by atoms with van der Waals surface area (Å²) >= 11 is 0. The summed E-state index contributed by atoms with van der Waals surface area (Å²) in [6.07, 6.45) is 12.9. The first-order valence-corrected chi connectivity index (χ1v) is 8.91. The predicted octanol–water partition coefficient (Wildman–Crippen LogP) is 1.09. The van der Waals surface area contributed by atoms with Gasteiger partial charge in [-0.1, -0.05) is 99.3 Å². The van der Waals surface area contributed by atoms with Crippen LogP contribution >= 0.6 is 0 Å². The van der Waals surface area contributed by atoms with Gasteiger partial charge in [-0.25, -0.2) is 0 Å². The Labute approximate surface area is 164 Å². The molecule has 0 heterocycles. The molecule has 0 fully saturated rings. The second kappa shape index (κ2) is 17.6. The molecule has 0 spiro atoms. The summed E-state index contributed by atoms with van der Waals surface area (Å²) in [5, 5.41) is 0. The van der Waals surface area contributed by atoms with Gasteiger partial charge in [0.1, 0.15) is 0 Å². The molecule has 21 heavy (non-hydrogen) atoms. The van der Waals surface area contributed by atoms with E-state index in [1.165, 1.54) is 57.8 Å². The predicted molar refractivity (Wildman–Crippen MR) is 89.6 cm³/mol. The molecular formula is C19H40ClNa. The first-order valence-electron chi connectivity index (χ1n) is 8.91. The smallest absolute Gasteiger partial charge is 1.00 e. The fourth-order valence-electron chi connectivity index (χ4n) is 2.85. The average molecular weight is 327 g/mol. The molecule has 2 unspecified atom stereocenters. The van der Waals surface area contributed by atoms with Crippen molar-refractivity contribution >= 4 is 0 Å². The maximum atomic E-state index is 2.45. The quantitative estimate of drug-likeness (QED) is 0.471. The van der Waals surface area contributed by atoms with Crippen molar-refractivity contribution in [2.24, 2.45) is 23.7 Å². The standard InChI is InChI=1S/C19H40.ClH.Na/c1-16(2)10-7-12-18(5)14-9-15-19(6)13-8-11-17(3)4;;/h16-19H,7-15H2,1-6H3;1H;/q;;+1/p-1. The molecular weight excluding hydrogens is 287 g/mol. The second-order valence-electron chi connectivity index (χ2n) is 7.79. The van der Waals surface area contributed by atoms with Gasteiger partial charge in [0.15, 0.2) is 0 Å². The number of halogens is 1. The van der Waals surface area contributed by atoms with Gasteiger partial charge in [0.05, 0.1) is 0 Å². The van der Waals surface area contributed by atoms with E-state index in [0.29, 0.717) is 0 Å². The first-order chi connectivity index (χ1) is 8.91. The fourth-order valence-corrected chi connectivity index (χ4v) is 2.85. The van der Waals surface area contributed by atoms with Crippen molar-refractivity contribution in [3.63, 3.8) is 0 Å². The Balaban J connectivity index is -0.00000162. The molecule has 124 valence electrons. The summed E-state index contributed by atoms with van der Waals surface area (Å²) < 4.78 is 0. The van der Waals surface area contributed by atoms with E-state index in [0.717, 1.165) is 23.7 Å². The second-order valence-corrected chi connectivity index (χ2v) is 7.79. The van der Waals surface area contributed by atoms with Gasteiger partial charge in [0.2, 0.25) is 0 Å². The summed E-state index contributed by atoms with van der Waals surface area (Å²) in [5.41, 5.74) is 0. The van der Waals surface area contributed by atoms with E-state index in [4.69, 9.17) is 0 Å². The van der Waals surface area contributed by atoms with Crippen LogP contribution in [0.4, 0.5) is 0 Å². The van der Waals surface area contributed by atoms with E-state index in [1.807, 2.05) is 0 Å². The molecule has 0 saturated carbocycles. The maximum Gasteiger partial charge on any atom is 1.00 e. The largest absolute Gasteiger partial charge is 1.00 e. The molecule has 0 rings (SSSR count). The van der Waals surface area contributed by atoms with Crippen molar-refractivity contribution in [1.29, 1.82) is 0 Å². The molecule has 0 aromatic carbocycles. The Kier molecular flexibility index (Phi) is 22.8.